The minimum absolute atomic E-state index is 0.258. The van der Waals surface area contributed by atoms with Gasteiger partial charge in [0, 0.05) is 5.56 Å². The van der Waals surface area contributed by atoms with Gasteiger partial charge in [-0.25, -0.2) is 0 Å². The van der Waals surface area contributed by atoms with E-state index in [9.17, 15) is 0 Å². The van der Waals surface area contributed by atoms with Gasteiger partial charge in [0.2, 0.25) is 0 Å². The third kappa shape index (κ3) is 2.93. The van der Waals surface area contributed by atoms with E-state index in [0.29, 0.717) is 0 Å². The Kier molecular flexibility index (Phi) is 3.54. The fourth-order valence-electron chi connectivity index (χ4n) is 1.24. The molecule has 13 heavy (non-hydrogen) atoms. The molecule has 0 aliphatic carbocycles. The molecule has 0 spiro atoms. The smallest absolute Gasteiger partial charge is 0.0515 e. The maximum absolute atomic E-state index is 9.13. The lowest BCUT2D eigenvalue weighted by molar-refractivity contribution is 0.185. The molecule has 1 atom stereocenters. The van der Waals surface area contributed by atoms with Crippen molar-refractivity contribution in [1.82, 2.24) is 0 Å². The molecule has 0 bridgehead atoms. The summed E-state index contributed by atoms with van der Waals surface area (Å²) in [4.78, 5) is 0. The van der Waals surface area contributed by atoms with Gasteiger partial charge in [0.05, 0.1) is 6.10 Å². The molecule has 1 aromatic rings. The van der Waals surface area contributed by atoms with Crippen LogP contribution in [0.2, 0.25) is 0 Å². The molecule has 1 heteroatoms. The minimum Gasteiger partial charge on any atom is -0.393 e. The molecule has 0 saturated carbocycles. The lowest BCUT2D eigenvalue weighted by Crippen LogP contribution is -2.02. The van der Waals surface area contributed by atoms with Crippen LogP contribution in [0.5, 0.6) is 0 Å². The van der Waals surface area contributed by atoms with Crippen LogP contribution in [0, 0.1) is 12.3 Å². The van der Waals surface area contributed by atoms with Gasteiger partial charge in [-0.15, -0.1) is 6.42 Å². The van der Waals surface area contributed by atoms with E-state index in [1.807, 2.05) is 24.3 Å². The molecule has 1 nitrogen and oxygen atoms in total. The van der Waals surface area contributed by atoms with Gasteiger partial charge in [0.25, 0.3) is 0 Å². The van der Waals surface area contributed by atoms with Gasteiger partial charge in [0.1, 0.15) is 0 Å². The van der Waals surface area contributed by atoms with E-state index in [4.69, 9.17) is 11.5 Å². The molecular formula is C12H14O. The van der Waals surface area contributed by atoms with E-state index in [1.165, 1.54) is 0 Å². The van der Waals surface area contributed by atoms with Crippen LogP contribution in [-0.4, -0.2) is 11.2 Å². The highest BCUT2D eigenvalue weighted by Crippen LogP contribution is 2.10. The fourth-order valence-corrected chi connectivity index (χ4v) is 1.24. The quantitative estimate of drug-likeness (QED) is 0.695. The van der Waals surface area contributed by atoms with Crippen LogP contribution < -0.4 is 0 Å². The summed E-state index contributed by atoms with van der Waals surface area (Å²) in [7, 11) is 0. The molecule has 0 aliphatic rings. The highest BCUT2D eigenvalue weighted by Gasteiger charge is 2.01. The molecule has 0 aliphatic heterocycles. The Labute approximate surface area is 79.4 Å². The molecule has 0 saturated heterocycles. The zero-order valence-electron chi connectivity index (χ0n) is 7.83. The molecule has 1 N–H and O–H groups in total. The van der Waals surface area contributed by atoms with E-state index in [0.717, 1.165) is 24.0 Å². The maximum Gasteiger partial charge on any atom is 0.0515 e. The summed E-state index contributed by atoms with van der Waals surface area (Å²) in [5, 5.41) is 9.13. The van der Waals surface area contributed by atoms with Crippen LogP contribution in [0.1, 0.15) is 24.5 Å². The summed E-state index contributed by atoms with van der Waals surface area (Å²) in [6.45, 7) is 1.79. The van der Waals surface area contributed by atoms with E-state index >= 15 is 0 Å². The molecule has 0 amide bonds. The zero-order valence-corrected chi connectivity index (χ0v) is 7.83. The Morgan fingerprint density at radius 1 is 1.46 bits per heavy atom. The predicted octanol–water partition coefficient (Wildman–Crippen LogP) is 1.98. The minimum atomic E-state index is -0.258. The van der Waals surface area contributed by atoms with Crippen LogP contribution in [-0.2, 0) is 6.42 Å². The number of benzene rings is 1. The second-order valence-electron chi connectivity index (χ2n) is 3.19. The van der Waals surface area contributed by atoms with Gasteiger partial charge in [-0.2, -0.15) is 0 Å². The zero-order chi connectivity index (χ0) is 9.68. The molecule has 1 aromatic carbocycles. The standard InChI is InChI=1S/C12H14O/c1-3-11-6-4-5-7-12(11)9-8-10(2)13/h1,4-7,10,13H,8-9H2,2H3. The third-order valence-corrected chi connectivity index (χ3v) is 2.00. The van der Waals surface area contributed by atoms with Crippen molar-refractivity contribution in [2.45, 2.75) is 25.9 Å². The van der Waals surface area contributed by atoms with Gasteiger partial charge in [0.15, 0.2) is 0 Å². The van der Waals surface area contributed by atoms with Crippen molar-refractivity contribution in [3.63, 3.8) is 0 Å². The summed E-state index contributed by atoms with van der Waals surface area (Å²) >= 11 is 0. The second-order valence-corrected chi connectivity index (χ2v) is 3.19. The van der Waals surface area contributed by atoms with E-state index in [2.05, 4.69) is 5.92 Å². The monoisotopic (exact) mass is 174 g/mol. The molecule has 0 heterocycles. The summed E-state index contributed by atoms with van der Waals surface area (Å²) < 4.78 is 0. The molecular weight excluding hydrogens is 160 g/mol. The molecule has 68 valence electrons. The number of hydrogen-bond acceptors (Lipinski definition) is 1. The average Bonchev–Trinajstić information content (AvgIpc) is 2.15. The first-order valence-electron chi connectivity index (χ1n) is 4.46. The van der Waals surface area contributed by atoms with Gasteiger partial charge in [-0.1, -0.05) is 24.1 Å². The Hall–Kier alpha value is -1.26. The van der Waals surface area contributed by atoms with Crippen molar-refractivity contribution in [2.75, 3.05) is 0 Å². The van der Waals surface area contributed by atoms with Crippen LogP contribution in [0.25, 0.3) is 0 Å². The van der Waals surface area contributed by atoms with E-state index < -0.39 is 0 Å². The van der Waals surface area contributed by atoms with Gasteiger partial charge >= 0.3 is 0 Å². The molecule has 1 rings (SSSR count). The van der Waals surface area contributed by atoms with E-state index in [1.54, 1.807) is 6.92 Å². The first-order valence-corrected chi connectivity index (χ1v) is 4.46. The second kappa shape index (κ2) is 4.69. The summed E-state index contributed by atoms with van der Waals surface area (Å²) in [6.07, 6.45) is 6.69. The Balaban J connectivity index is 2.71. The number of aryl methyl sites for hydroxylation is 1. The lowest BCUT2D eigenvalue weighted by atomic mass is 10.0. The third-order valence-electron chi connectivity index (χ3n) is 2.00. The lowest BCUT2D eigenvalue weighted by Gasteiger charge is -2.05. The normalized spacial score (nSPS) is 12.1. The number of hydrogen-bond donors (Lipinski definition) is 1. The highest BCUT2D eigenvalue weighted by atomic mass is 16.3. The van der Waals surface area contributed by atoms with Crippen molar-refractivity contribution >= 4 is 0 Å². The summed E-state index contributed by atoms with van der Waals surface area (Å²) in [6, 6.07) is 7.84. The van der Waals surface area contributed by atoms with Crippen LogP contribution in [0.4, 0.5) is 0 Å². The number of rotatable bonds is 3. The molecule has 0 aromatic heterocycles. The Morgan fingerprint density at radius 2 is 2.15 bits per heavy atom. The van der Waals surface area contributed by atoms with Crippen molar-refractivity contribution < 1.29 is 5.11 Å². The highest BCUT2D eigenvalue weighted by molar-refractivity contribution is 5.39. The number of terminal acetylenes is 1. The number of aliphatic hydroxyl groups is 1. The largest absolute Gasteiger partial charge is 0.393 e. The van der Waals surface area contributed by atoms with Crippen molar-refractivity contribution in [3.05, 3.63) is 35.4 Å². The van der Waals surface area contributed by atoms with Gasteiger partial charge in [-0.05, 0) is 31.4 Å². The molecule has 0 radical (unpaired) electrons. The first kappa shape index (κ1) is 9.83. The van der Waals surface area contributed by atoms with Crippen molar-refractivity contribution in [1.29, 1.82) is 0 Å². The van der Waals surface area contributed by atoms with E-state index in [-0.39, 0.29) is 6.10 Å². The van der Waals surface area contributed by atoms with Crippen molar-refractivity contribution in [3.8, 4) is 12.3 Å². The first-order chi connectivity index (χ1) is 6.24. The summed E-state index contributed by atoms with van der Waals surface area (Å²) in [5.74, 6) is 2.64. The SMILES string of the molecule is C#Cc1ccccc1CCC(C)O. The van der Waals surface area contributed by atoms with Crippen LogP contribution in [0.3, 0.4) is 0 Å². The number of aliphatic hydroxyl groups excluding tert-OH is 1. The van der Waals surface area contributed by atoms with Crippen molar-refractivity contribution in [2.24, 2.45) is 0 Å². The Bertz CT molecular complexity index is 307. The Morgan fingerprint density at radius 3 is 2.77 bits per heavy atom. The van der Waals surface area contributed by atoms with Crippen LogP contribution in [0.15, 0.2) is 24.3 Å². The molecule has 1 unspecified atom stereocenters. The molecule has 0 fully saturated rings. The topological polar surface area (TPSA) is 20.2 Å². The predicted molar refractivity (Wildman–Crippen MR) is 54.4 cm³/mol. The average molecular weight is 174 g/mol. The summed E-state index contributed by atoms with van der Waals surface area (Å²) in [5.41, 5.74) is 2.08. The van der Waals surface area contributed by atoms with Crippen LogP contribution >= 0.6 is 0 Å². The fraction of sp³-hybridized carbons (Fsp3) is 0.333. The maximum atomic E-state index is 9.13. The van der Waals surface area contributed by atoms with Gasteiger partial charge in [-0.3, -0.25) is 0 Å². The van der Waals surface area contributed by atoms with Gasteiger partial charge < -0.3 is 5.11 Å².